The van der Waals surface area contributed by atoms with E-state index in [1.54, 1.807) is 14.2 Å². The Morgan fingerprint density at radius 2 is 1.59 bits per heavy atom. The molecule has 0 bridgehead atoms. The molecule has 1 rings (SSSR count). The summed E-state index contributed by atoms with van der Waals surface area (Å²) in [6.45, 7) is 9.02. The molecule has 0 saturated carbocycles. The molecule has 1 unspecified atom stereocenters. The number of nitrogens with one attached hydrogen (secondary N) is 1. The van der Waals surface area contributed by atoms with Crippen LogP contribution in [0.4, 0.5) is 0 Å². The molecular formula is C13H28N2O2. The van der Waals surface area contributed by atoms with Gasteiger partial charge in [0.25, 0.3) is 0 Å². The minimum absolute atomic E-state index is 0.155. The Morgan fingerprint density at radius 1 is 1.06 bits per heavy atom. The topological polar surface area (TPSA) is 33.7 Å². The van der Waals surface area contributed by atoms with Gasteiger partial charge in [0.05, 0.1) is 6.04 Å². The highest BCUT2D eigenvalue weighted by atomic mass is 16.7. The summed E-state index contributed by atoms with van der Waals surface area (Å²) in [5.41, 5.74) is 0. The van der Waals surface area contributed by atoms with Crippen molar-refractivity contribution >= 4 is 0 Å². The van der Waals surface area contributed by atoms with Crippen LogP contribution in [0.25, 0.3) is 0 Å². The fourth-order valence-corrected chi connectivity index (χ4v) is 2.54. The van der Waals surface area contributed by atoms with Crippen molar-refractivity contribution in [3.63, 3.8) is 0 Å². The van der Waals surface area contributed by atoms with E-state index in [1.807, 2.05) is 0 Å². The highest BCUT2D eigenvalue weighted by molar-refractivity contribution is 4.81. The van der Waals surface area contributed by atoms with Gasteiger partial charge in [0.15, 0.2) is 6.29 Å². The van der Waals surface area contributed by atoms with Crippen LogP contribution in [0.1, 0.15) is 33.6 Å². The third-order valence-corrected chi connectivity index (χ3v) is 3.63. The number of ether oxygens (including phenoxy) is 2. The van der Waals surface area contributed by atoms with Gasteiger partial charge in [0.2, 0.25) is 0 Å². The number of piperidine rings is 1. The third-order valence-electron chi connectivity index (χ3n) is 3.63. The van der Waals surface area contributed by atoms with Crippen LogP contribution in [-0.2, 0) is 9.47 Å². The number of methoxy groups -OCH3 is 2. The highest BCUT2D eigenvalue weighted by Gasteiger charge is 2.24. The lowest BCUT2D eigenvalue weighted by Gasteiger charge is -2.36. The summed E-state index contributed by atoms with van der Waals surface area (Å²) in [5, 5.41) is 3.60. The van der Waals surface area contributed by atoms with Gasteiger partial charge < -0.3 is 19.7 Å². The first kappa shape index (κ1) is 14.9. The van der Waals surface area contributed by atoms with E-state index in [9.17, 15) is 0 Å². The second-order valence-electron chi connectivity index (χ2n) is 5.20. The molecule has 17 heavy (non-hydrogen) atoms. The van der Waals surface area contributed by atoms with E-state index in [0.29, 0.717) is 12.1 Å². The zero-order chi connectivity index (χ0) is 12.8. The Kier molecular flexibility index (Phi) is 6.41. The molecule has 0 aromatic carbocycles. The van der Waals surface area contributed by atoms with Crippen molar-refractivity contribution in [3.8, 4) is 0 Å². The van der Waals surface area contributed by atoms with Crippen LogP contribution in [0.3, 0.4) is 0 Å². The maximum Gasteiger partial charge on any atom is 0.171 e. The van der Waals surface area contributed by atoms with Crippen molar-refractivity contribution in [1.82, 2.24) is 10.2 Å². The first-order chi connectivity index (χ1) is 8.08. The summed E-state index contributed by atoms with van der Waals surface area (Å²) in [4.78, 5) is 2.53. The lowest BCUT2D eigenvalue weighted by atomic mass is 10.0. The summed E-state index contributed by atoms with van der Waals surface area (Å²) in [6, 6.07) is 1.49. The molecule has 0 aromatic rings. The molecule has 4 heteroatoms. The predicted octanol–water partition coefficient (Wildman–Crippen LogP) is 1.46. The minimum atomic E-state index is -0.155. The van der Waals surface area contributed by atoms with Gasteiger partial charge in [-0.05, 0) is 46.7 Å². The lowest BCUT2D eigenvalue weighted by Crippen LogP contribution is -2.50. The first-order valence-electron chi connectivity index (χ1n) is 6.64. The summed E-state index contributed by atoms with van der Waals surface area (Å²) in [6.07, 6.45) is 2.27. The zero-order valence-corrected chi connectivity index (χ0v) is 11.9. The summed E-state index contributed by atoms with van der Waals surface area (Å²) in [7, 11) is 3.38. The molecule has 4 nitrogen and oxygen atoms in total. The number of rotatable bonds is 6. The second-order valence-corrected chi connectivity index (χ2v) is 5.20. The largest absolute Gasteiger partial charge is 0.354 e. The van der Waals surface area contributed by atoms with E-state index in [4.69, 9.17) is 9.47 Å². The van der Waals surface area contributed by atoms with Crippen molar-refractivity contribution in [2.75, 3.05) is 27.3 Å². The Balaban J connectivity index is 2.30. The molecule has 0 radical (unpaired) electrons. The van der Waals surface area contributed by atoms with Gasteiger partial charge in [0, 0.05) is 26.3 Å². The standard InChI is InChI=1S/C13H28N2O2/c1-10(2)15-8-6-12(7-9-15)14-11(3)13(16-4)17-5/h10-14H,6-9H2,1-5H3. The monoisotopic (exact) mass is 244 g/mol. The van der Waals surface area contributed by atoms with E-state index in [0.717, 1.165) is 0 Å². The van der Waals surface area contributed by atoms with Gasteiger partial charge in [-0.3, -0.25) is 0 Å². The van der Waals surface area contributed by atoms with Crippen LogP contribution in [0, 0.1) is 0 Å². The van der Waals surface area contributed by atoms with Crippen LogP contribution in [0.15, 0.2) is 0 Å². The molecule has 0 aliphatic carbocycles. The van der Waals surface area contributed by atoms with E-state index >= 15 is 0 Å². The molecule has 1 atom stereocenters. The summed E-state index contributed by atoms with van der Waals surface area (Å²) in [5.74, 6) is 0. The number of hydrogen-bond acceptors (Lipinski definition) is 4. The minimum Gasteiger partial charge on any atom is -0.354 e. The molecule has 0 spiro atoms. The van der Waals surface area contributed by atoms with Crippen molar-refractivity contribution in [2.45, 2.75) is 58.0 Å². The van der Waals surface area contributed by atoms with Crippen LogP contribution in [-0.4, -0.2) is 56.6 Å². The summed E-state index contributed by atoms with van der Waals surface area (Å²) >= 11 is 0. The average molecular weight is 244 g/mol. The molecule has 1 saturated heterocycles. The van der Waals surface area contributed by atoms with Crippen molar-refractivity contribution in [1.29, 1.82) is 0 Å². The van der Waals surface area contributed by atoms with Gasteiger partial charge in [-0.2, -0.15) is 0 Å². The molecule has 102 valence electrons. The van der Waals surface area contributed by atoms with Crippen molar-refractivity contribution < 1.29 is 9.47 Å². The van der Waals surface area contributed by atoms with Gasteiger partial charge in [-0.15, -0.1) is 0 Å². The van der Waals surface area contributed by atoms with E-state index < -0.39 is 0 Å². The lowest BCUT2D eigenvalue weighted by molar-refractivity contribution is -0.121. The summed E-state index contributed by atoms with van der Waals surface area (Å²) < 4.78 is 10.5. The maximum atomic E-state index is 5.27. The fraction of sp³-hybridized carbons (Fsp3) is 1.00. The van der Waals surface area contributed by atoms with E-state index in [-0.39, 0.29) is 12.3 Å². The van der Waals surface area contributed by atoms with E-state index in [1.165, 1.54) is 25.9 Å². The quantitative estimate of drug-likeness (QED) is 0.717. The highest BCUT2D eigenvalue weighted by Crippen LogP contribution is 2.14. The molecule has 1 heterocycles. The second kappa shape index (κ2) is 7.31. The molecule has 0 amide bonds. The third kappa shape index (κ3) is 4.54. The molecule has 1 aliphatic rings. The van der Waals surface area contributed by atoms with E-state index in [2.05, 4.69) is 31.0 Å². The Morgan fingerprint density at radius 3 is 2.00 bits per heavy atom. The molecule has 1 fully saturated rings. The van der Waals surface area contributed by atoms with Crippen molar-refractivity contribution in [2.24, 2.45) is 0 Å². The number of likely N-dealkylation sites (tertiary alicyclic amines) is 1. The van der Waals surface area contributed by atoms with Gasteiger partial charge in [0.1, 0.15) is 0 Å². The van der Waals surface area contributed by atoms with Crippen LogP contribution in [0.5, 0.6) is 0 Å². The molecule has 1 N–H and O–H groups in total. The number of nitrogens with zero attached hydrogens (tertiary/aromatic N) is 1. The molecular weight excluding hydrogens is 216 g/mol. The Bertz CT molecular complexity index is 200. The maximum absolute atomic E-state index is 5.27. The van der Waals surface area contributed by atoms with Gasteiger partial charge in [-0.25, -0.2) is 0 Å². The normalized spacial score (nSPS) is 21.4. The molecule has 0 aromatic heterocycles. The average Bonchev–Trinajstić information content (AvgIpc) is 2.31. The SMILES string of the molecule is COC(OC)C(C)NC1CCN(C(C)C)CC1. The number of hydrogen-bond donors (Lipinski definition) is 1. The smallest absolute Gasteiger partial charge is 0.171 e. The molecule has 1 aliphatic heterocycles. The Hall–Kier alpha value is -0.160. The Labute approximate surface area is 106 Å². The predicted molar refractivity (Wildman–Crippen MR) is 70.1 cm³/mol. The zero-order valence-electron chi connectivity index (χ0n) is 11.9. The van der Waals surface area contributed by atoms with Crippen LogP contribution < -0.4 is 5.32 Å². The van der Waals surface area contributed by atoms with Crippen LogP contribution >= 0.6 is 0 Å². The fourth-order valence-electron chi connectivity index (χ4n) is 2.54. The van der Waals surface area contributed by atoms with Crippen LogP contribution in [0.2, 0.25) is 0 Å². The van der Waals surface area contributed by atoms with Crippen molar-refractivity contribution in [3.05, 3.63) is 0 Å². The first-order valence-corrected chi connectivity index (χ1v) is 6.64. The van der Waals surface area contributed by atoms with Gasteiger partial charge >= 0.3 is 0 Å². The van der Waals surface area contributed by atoms with Gasteiger partial charge in [-0.1, -0.05) is 0 Å².